The van der Waals surface area contributed by atoms with Crippen molar-refractivity contribution in [2.45, 2.75) is 13.0 Å². The fourth-order valence-corrected chi connectivity index (χ4v) is 2.52. The number of rotatable bonds is 1. The average molecular weight is 259 g/mol. The number of carbonyl (C=O) groups is 1. The Balaban J connectivity index is 1.87. The van der Waals surface area contributed by atoms with Crippen LogP contribution >= 0.6 is 0 Å². The summed E-state index contributed by atoms with van der Waals surface area (Å²) in [5.41, 5.74) is 0.468. The van der Waals surface area contributed by atoms with E-state index in [0.29, 0.717) is 11.5 Å². The minimum Gasteiger partial charge on any atom is -0.332 e. The van der Waals surface area contributed by atoms with Crippen LogP contribution in [0.25, 0.3) is 5.78 Å². The van der Waals surface area contributed by atoms with Gasteiger partial charge in [0.1, 0.15) is 5.69 Å². The predicted octanol–water partition coefficient (Wildman–Crippen LogP) is 0.505. The van der Waals surface area contributed by atoms with Crippen molar-refractivity contribution in [2.75, 3.05) is 26.7 Å². The summed E-state index contributed by atoms with van der Waals surface area (Å²) in [4.78, 5) is 25.0. The van der Waals surface area contributed by atoms with Crippen LogP contribution in [0.15, 0.2) is 24.7 Å². The van der Waals surface area contributed by atoms with Crippen LogP contribution < -0.4 is 0 Å². The number of nitrogens with zero attached hydrogens (tertiary/aromatic N) is 5. The van der Waals surface area contributed by atoms with Gasteiger partial charge >= 0.3 is 0 Å². The number of aromatic nitrogens is 3. The second-order valence-corrected chi connectivity index (χ2v) is 5.06. The van der Waals surface area contributed by atoms with Crippen molar-refractivity contribution < 1.29 is 4.79 Å². The molecule has 3 heterocycles. The lowest BCUT2D eigenvalue weighted by molar-refractivity contribution is 0.0528. The minimum absolute atomic E-state index is 0.00824. The Bertz CT molecular complexity index is 575. The molecule has 0 unspecified atom stereocenters. The summed E-state index contributed by atoms with van der Waals surface area (Å²) in [6.45, 7) is 4.62. The smallest absolute Gasteiger partial charge is 0.274 e. The zero-order valence-corrected chi connectivity index (χ0v) is 11.2. The molecule has 2 aromatic rings. The van der Waals surface area contributed by atoms with Gasteiger partial charge in [0.25, 0.3) is 5.91 Å². The van der Waals surface area contributed by atoms with Gasteiger partial charge in [-0.05, 0) is 20.0 Å². The maximum absolute atomic E-state index is 12.5. The molecule has 0 spiro atoms. The molecule has 6 heteroatoms. The quantitative estimate of drug-likeness (QED) is 0.748. The first-order chi connectivity index (χ1) is 9.15. The molecule has 3 rings (SSSR count). The van der Waals surface area contributed by atoms with Gasteiger partial charge in [-0.3, -0.25) is 9.20 Å². The standard InChI is InChI=1S/C13H17N5O/c1-10-8-16(2)6-7-18(10)12(19)11-9-17-5-3-4-14-13(17)15-11/h3-5,9-10H,6-8H2,1-2H3/t10-/m1/s1. The number of fused-ring (bicyclic) bond motifs is 1. The van der Waals surface area contributed by atoms with E-state index in [0.717, 1.165) is 19.6 Å². The lowest BCUT2D eigenvalue weighted by Crippen LogP contribution is -2.52. The molecule has 0 aliphatic carbocycles. The van der Waals surface area contributed by atoms with E-state index in [9.17, 15) is 4.79 Å². The maximum Gasteiger partial charge on any atom is 0.274 e. The third-order valence-electron chi connectivity index (χ3n) is 3.55. The van der Waals surface area contributed by atoms with E-state index in [1.807, 2.05) is 17.2 Å². The van der Waals surface area contributed by atoms with Crippen LogP contribution in [0.3, 0.4) is 0 Å². The zero-order chi connectivity index (χ0) is 13.4. The van der Waals surface area contributed by atoms with E-state index >= 15 is 0 Å². The largest absolute Gasteiger partial charge is 0.332 e. The number of likely N-dealkylation sites (N-methyl/N-ethyl adjacent to an activating group) is 1. The second-order valence-electron chi connectivity index (χ2n) is 5.06. The molecule has 6 nitrogen and oxygen atoms in total. The third-order valence-corrected chi connectivity index (χ3v) is 3.55. The highest BCUT2D eigenvalue weighted by molar-refractivity contribution is 5.93. The van der Waals surface area contributed by atoms with E-state index in [2.05, 4.69) is 28.8 Å². The molecule has 0 aromatic carbocycles. The molecule has 19 heavy (non-hydrogen) atoms. The van der Waals surface area contributed by atoms with E-state index in [-0.39, 0.29) is 11.9 Å². The molecule has 0 N–H and O–H groups in total. The highest BCUT2D eigenvalue weighted by atomic mass is 16.2. The number of amides is 1. The average Bonchev–Trinajstić information content (AvgIpc) is 2.81. The predicted molar refractivity (Wildman–Crippen MR) is 71.0 cm³/mol. The summed E-state index contributed by atoms with van der Waals surface area (Å²) in [6.07, 6.45) is 5.27. The Morgan fingerprint density at radius 2 is 2.26 bits per heavy atom. The molecule has 1 amide bonds. The number of imidazole rings is 1. The van der Waals surface area contributed by atoms with Crippen LogP contribution in [0.1, 0.15) is 17.4 Å². The summed E-state index contributed by atoms with van der Waals surface area (Å²) in [6, 6.07) is 2.03. The van der Waals surface area contributed by atoms with Crippen molar-refractivity contribution in [3.8, 4) is 0 Å². The molecule has 0 saturated carbocycles. The van der Waals surface area contributed by atoms with Gasteiger partial charge in [-0.15, -0.1) is 0 Å². The SMILES string of the molecule is C[C@@H]1CN(C)CCN1C(=O)c1cn2cccnc2n1. The molecule has 0 bridgehead atoms. The van der Waals surface area contributed by atoms with Crippen LogP contribution in [-0.4, -0.2) is 62.8 Å². The highest BCUT2D eigenvalue weighted by Gasteiger charge is 2.27. The fraction of sp³-hybridized carbons (Fsp3) is 0.462. The summed E-state index contributed by atoms with van der Waals surface area (Å²) < 4.78 is 1.77. The van der Waals surface area contributed by atoms with Gasteiger partial charge in [0.2, 0.25) is 5.78 Å². The van der Waals surface area contributed by atoms with Crippen molar-refractivity contribution >= 4 is 11.7 Å². The van der Waals surface area contributed by atoms with Gasteiger partial charge in [0.15, 0.2) is 0 Å². The number of carbonyl (C=O) groups excluding carboxylic acids is 1. The first kappa shape index (κ1) is 12.1. The van der Waals surface area contributed by atoms with Gasteiger partial charge in [-0.2, -0.15) is 0 Å². The van der Waals surface area contributed by atoms with Gasteiger partial charge in [0.05, 0.1) is 0 Å². The minimum atomic E-state index is -0.00824. The van der Waals surface area contributed by atoms with Crippen LogP contribution in [0.2, 0.25) is 0 Å². The van der Waals surface area contributed by atoms with Crippen molar-refractivity contribution in [2.24, 2.45) is 0 Å². The molecular formula is C13H17N5O. The fourth-order valence-electron chi connectivity index (χ4n) is 2.52. The van der Waals surface area contributed by atoms with Gasteiger partial charge in [-0.1, -0.05) is 0 Å². The molecule has 100 valence electrons. The van der Waals surface area contributed by atoms with Gasteiger partial charge < -0.3 is 9.80 Å². The molecule has 1 saturated heterocycles. The van der Waals surface area contributed by atoms with Crippen molar-refractivity contribution in [1.82, 2.24) is 24.2 Å². The van der Waals surface area contributed by atoms with Gasteiger partial charge in [0, 0.05) is 44.3 Å². The summed E-state index contributed by atoms with van der Waals surface area (Å²) in [7, 11) is 2.08. The Morgan fingerprint density at radius 1 is 1.42 bits per heavy atom. The van der Waals surface area contributed by atoms with Crippen LogP contribution in [0.4, 0.5) is 0 Å². The molecule has 1 aliphatic heterocycles. The van der Waals surface area contributed by atoms with E-state index in [1.165, 1.54) is 0 Å². The lowest BCUT2D eigenvalue weighted by Gasteiger charge is -2.37. The topological polar surface area (TPSA) is 53.7 Å². The first-order valence-corrected chi connectivity index (χ1v) is 6.44. The molecule has 0 radical (unpaired) electrons. The second kappa shape index (κ2) is 4.62. The van der Waals surface area contributed by atoms with E-state index in [4.69, 9.17) is 0 Å². The van der Waals surface area contributed by atoms with Crippen molar-refractivity contribution in [1.29, 1.82) is 0 Å². The Labute approximate surface area is 111 Å². The van der Waals surface area contributed by atoms with Crippen LogP contribution in [-0.2, 0) is 0 Å². The molecule has 1 atom stereocenters. The number of hydrogen-bond acceptors (Lipinski definition) is 4. The number of hydrogen-bond donors (Lipinski definition) is 0. The monoisotopic (exact) mass is 259 g/mol. The van der Waals surface area contributed by atoms with E-state index < -0.39 is 0 Å². The van der Waals surface area contributed by atoms with Crippen LogP contribution in [0, 0.1) is 0 Å². The molecule has 1 fully saturated rings. The maximum atomic E-state index is 12.5. The molecule has 1 aliphatic rings. The Morgan fingerprint density at radius 3 is 3.00 bits per heavy atom. The van der Waals surface area contributed by atoms with E-state index in [1.54, 1.807) is 16.8 Å². The third kappa shape index (κ3) is 2.19. The van der Waals surface area contributed by atoms with Gasteiger partial charge in [-0.25, -0.2) is 9.97 Å². The van der Waals surface area contributed by atoms with Crippen LogP contribution in [0.5, 0.6) is 0 Å². The Hall–Kier alpha value is -1.95. The number of piperazine rings is 1. The Kier molecular flexibility index (Phi) is 2.94. The lowest BCUT2D eigenvalue weighted by atomic mass is 10.2. The highest BCUT2D eigenvalue weighted by Crippen LogP contribution is 2.13. The van der Waals surface area contributed by atoms with Crippen molar-refractivity contribution in [3.63, 3.8) is 0 Å². The van der Waals surface area contributed by atoms with Crippen molar-refractivity contribution in [3.05, 3.63) is 30.4 Å². The zero-order valence-electron chi connectivity index (χ0n) is 11.2. The molecule has 2 aromatic heterocycles. The normalized spacial score (nSPS) is 20.9. The first-order valence-electron chi connectivity index (χ1n) is 6.44. The summed E-state index contributed by atoms with van der Waals surface area (Å²) in [5, 5.41) is 0. The summed E-state index contributed by atoms with van der Waals surface area (Å²) >= 11 is 0. The molecular weight excluding hydrogens is 242 g/mol. The summed E-state index contributed by atoms with van der Waals surface area (Å²) in [5.74, 6) is 0.554.